The average Bonchev–Trinajstić information content (AvgIpc) is 2.67. The number of benzene rings is 1. The van der Waals surface area contributed by atoms with Gasteiger partial charge in [-0.05, 0) is 59.6 Å². The van der Waals surface area contributed by atoms with Crippen molar-refractivity contribution in [1.29, 1.82) is 0 Å². The predicted octanol–water partition coefficient (Wildman–Crippen LogP) is 3.55. The van der Waals surface area contributed by atoms with Crippen molar-refractivity contribution in [2.45, 2.75) is 32.2 Å². The minimum absolute atomic E-state index is 0.188. The van der Waals surface area contributed by atoms with E-state index in [9.17, 15) is 4.39 Å². The summed E-state index contributed by atoms with van der Waals surface area (Å²) in [6.07, 6.45) is 5.42. The number of hydrogen-bond acceptors (Lipinski definition) is 2. The van der Waals surface area contributed by atoms with Gasteiger partial charge in [0.1, 0.15) is 5.82 Å². The van der Waals surface area contributed by atoms with E-state index in [1.807, 2.05) is 6.07 Å². The largest absolute Gasteiger partial charge is 0.311 e. The highest BCUT2D eigenvalue weighted by atomic mass is 79.9. The quantitative estimate of drug-likeness (QED) is 0.831. The molecule has 1 aliphatic heterocycles. The maximum atomic E-state index is 13.3. The highest BCUT2D eigenvalue weighted by Crippen LogP contribution is 2.16. The van der Waals surface area contributed by atoms with E-state index in [1.54, 1.807) is 12.1 Å². The van der Waals surface area contributed by atoms with Crippen molar-refractivity contribution in [3.05, 3.63) is 34.1 Å². The fourth-order valence-electron chi connectivity index (χ4n) is 2.48. The van der Waals surface area contributed by atoms with Crippen LogP contribution >= 0.6 is 15.9 Å². The van der Waals surface area contributed by atoms with Crippen molar-refractivity contribution in [3.63, 3.8) is 0 Å². The summed E-state index contributed by atoms with van der Waals surface area (Å²) in [5.74, 6) is -0.188. The normalized spacial score (nSPS) is 17.4. The van der Waals surface area contributed by atoms with Crippen LogP contribution in [0.1, 0.15) is 31.2 Å². The summed E-state index contributed by atoms with van der Waals surface area (Å²) in [6, 6.07) is 5.30. The van der Waals surface area contributed by atoms with Gasteiger partial charge in [0.2, 0.25) is 0 Å². The highest BCUT2D eigenvalue weighted by molar-refractivity contribution is 9.10. The Kier molecular flexibility index (Phi) is 6.28. The summed E-state index contributed by atoms with van der Waals surface area (Å²) < 4.78 is 13.9. The predicted molar refractivity (Wildman–Crippen MR) is 80.7 cm³/mol. The Morgan fingerprint density at radius 3 is 2.58 bits per heavy atom. The summed E-state index contributed by atoms with van der Waals surface area (Å²) in [5.41, 5.74) is 0.997. The SMILES string of the molecule is Fc1cc(CNCCN2CCCCCC2)ccc1Br. The number of nitrogens with one attached hydrogen (secondary N) is 1. The second-order valence-corrected chi connectivity index (χ2v) is 6.04. The molecule has 0 bridgehead atoms. The monoisotopic (exact) mass is 328 g/mol. The number of nitrogens with zero attached hydrogens (tertiary/aromatic N) is 1. The minimum atomic E-state index is -0.188. The number of rotatable bonds is 5. The third-order valence-electron chi connectivity index (χ3n) is 3.62. The zero-order chi connectivity index (χ0) is 13.5. The minimum Gasteiger partial charge on any atom is -0.311 e. The lowest BCUT2D eigenvalue weighted by Gasteiger charge is -2.19. The van der Waals surface area contributed by atoms with Gasteiger partial charge < -0.3 is 10.2 Å². The van der Waals surface area contributed by atoms with Crippen molar-refractivity contribution in [1.82, 2.24) is 10.2 Å². The van der Waals surface area contributed by atoms with E-state index in [4.69, 9.17) is 0 Å². The van der Waals surface area contributed by atoms with Gasteiger partial charge in [0, 0.05) is 19.6 Å². The second-order valence-electron chi connectivity index (χ2n) is 5.18. The maximum absolute atomic E-state index is 13.3. The highest BCUT2D eigenvalue weighted by Gasteiger charge is 2.08. The van der Waals surface area contributed by atoms with Gasteiger partial charge >= 0.3 is 0 Å². The Hall–Kier alpha value is -0.450. The van der Waals surface area contributed by atoms with Crippen molar-refractivity contribution in [2.75, 3.05) is 26.2 Å². The molecule has 4 heteroatoms. The molecule has 0 aromatic heterocycles. The van der Waals surface area contributed by atoms with Gasteiger partial charge in [-0.15, -0.1) is 0 Å². The van der Waals surface area contributed by atoms with E-state index in [-0.39, 0.29) is 5.82 Å². The standard InChI is InChI=1S/C15H22BrFN2/c16-14-6-5-13(11-15(14)17)12-18-7-10-19-8-3-1-2-4-9-19/h5-6,11,18H,1-4,7-10,12H2. The molecule has 1 aromatic carbocycles. The first-order chi connectivity index (χ1) is 9.25. The molecule has 1 saturated heterocycles. The van der Waals surface area contributed by atoms with Crippen LogP contribution in [-0.2, 0) is 6.54 Å². The first-order valence-corrected chi connectivity index (χ1v) is 7.92. The van der Waals surface area contributed by atoms with Crippen molar-refractivity contribution >= 4 is 15.9 Å². The van der Waals surface area contributed by atoms with E-state index in [0.717, 1.165) is 25.2 Å². The Morgan fingerprint density at radius 1 is 1.16 bits per heavy atom. The van der Waals surface area contributed by atoms with Crippen LogP contribution < -0.4 is 5.32 Å². The molecule has 0 radical (unpaired) electrons. The van der Waals surface area contributed by atoms with Gasteiger partial charge in [-0.1, -0.05) is 18.9 Å². The molecule has 1 heterocycles. The van der Waals surface area contributed by atoms with E-state index < -0.39 is 0 Å². The third kappa shape index (κ3) is 5.21. The Balaban J connectivity index is 1.67. The van der Waals surface area contributed by atoms with E-state index in [0.29, 0.717) is 4.47 Å². The molecule has 1 aromatic rings. The van der Waals surface area contributed by atoms with Crippen molar-refractivity contribution < 1.29 is 4.39 Å². The van der Waals surface area contributed by atoms with Crippen LogP contribution in [0, 0.1) is 5.82 Å². The number of likely N-dealkylation sites (tertiary alicyclic amines) is 1. The van der Waals surface area contributed by atoms with Gasteiger partial charge in [0.05, 0.1) is 4.47 Å². The molecule has 1 N–H and O–H groups in total. The molecular weight excluding hydrogens is 307 g/mol. The van der Waals surface area contributed by atoms with Crippen molar-refractivity contribution in [3.8, 4) is 0 Å². The van der Waals surface area contributed by atoms with Gasteiger partial charge in [-0.2, -0.15) is 0 Å². The summed E-state index contributed by atoms with van der Waals surface area (Å²) in [5, 5.41) is 3.39. The lowest BCUT2D eigenvalue weighted by Crippen LogP contribution is -2.32. The molecule has 0 saturated carbocycles. The molecule has 0 amide bonds. The Morgan fingerprint density at radius 2 is 1.89 bits per heavy atom. The number of hydrogen-bond donors (Lipinski definition) is 1. The summed E-state index contributed by atoms with van der Waals surface area (Å²) in [6.45, 7) is 5.26. The Bertz CT molecular complexity index is 390. The second kappa shape index (κ2) is 7.98. The van der Waals surface area contributed by atoms with Crippen LogP contribution in [0.25, 0.3) is 0 Å². The topological polar surface area (TPSA) is 15.3 Å². The Labute approximate surface area is 123 Å². The van der Waals surface area contributed by atoms with Crippen LogP contribution in [-0.4, -0.2) is 31.1 Å². The lowest BCUT2D eigenvalue weighted by atomic mass is 10.2. The molecule has 1 fully saturated rings. The summed E-state index contributed by atoms with van der Waals surface area (Å²) in [4.78, 5) is 2.53. The van der Waals surface area contributed by atoms with E-state index in [2.05, 4.69) is 26.1 Å². The first kappa shape index (κ1) is 14.9. The zero-order valence-corrected chi connectivity index (χ0v) is 12.9. The fraction of sp³-hybridized carbons (Fsp3) is 0.600. The van der Waals surface area contributed by atoms with Gasteiger partial charge in [0.25, 0.3) is 0 Å². The molecule has 0 aliphatic carbocycles. The fourth-order valence-corrected chi connectivity index (χ4v) is 2.73. The molecule has 0 atom stereocenters. The summed E-state index contributed by atoms with van der Waals surface area (Å²) >= 11 is 3.17. The molecule has 106 valence electrons. The van der Waals surface area contributed by atoms with Gasteiger partial charge in [-0.3, -0.25) is 0 Å². The molecule has 0 unspecified atom stereocenters. The molecular formula is C15H22BrFN2. The van der Waals surface area contributed by atoms with Crippen LogP contribution in [0.2, 0.25) is 0 Å². The molecule has 0 spiro atoms. The van der Waals surface area contributed by atoms with E-state index in [1.165, 1.54) is 38.8 Å². The van der Waals surface area contributed by atoms with Crippen LogP contribution in [0.15, 0.2) is 22.7 Å². The molecule has 2 rings (SSSR count). The van der Waals surface area contributed by atoms with Crippen LogP contribution in [0.4, 0.5) is 4.39 Å². The molecule has 19 heavy (non-hydrogen) atoms. The zero-order valence-electron chi connectivity index (χ0n) is 11.3. The summed E-state index contributed by atoms with van der Waals surface area (Å²) in [7, 11) is 0. The smallest absolute Gasteiger partial charge is 0.137 e. The van der Waals surface area contributed by atoms with E-state index >= 15 is 0 Å². The molecule has 1 aliphatic rings. The third-order valence-corrected chi connectivity index (χ3v) is 4.26. The molecule has 2 nitrogen and oxygen atoms in total. The van der Waals surface area contributed by atoms with Crippen LogP contribution in [0.5, 0.6) is 0 Å². The maximum Gasteiger partial charge on any atom is 0.137 e. The lowest BCUT2D eigenvalue weighted by molar-refractivity contribution is 0.284. The first-order valence-electron chi connectivity index (χ1n) is 7.13. The van der Waals surface area contributed by atoms with Crippen molar-refractivity contribution in [2.24, 2.45) is 0 Å². The average molecular weight is 329 g/mol. The number of halogens is 2. The van der Waals surface area contributed by atoms with Crippen LogP contribution in [0.3, 0.4) is 0 Å². The van der Waals surface area contributed by atoms with Gasteiger partial charge in [-0.25, -0.2) is 4.39 Å². The van der Waals surface area contributed by atoms with Gasteiger partial charge in [0.15, 0.2) is 0 Å².